The Morgan fingerprint density at radius 2 is 1.53 bits per heavy atom. The van der Waals surface area contributed by atoms with Crippen molar-refractivity contribution in [2.45, 2.75) is 0 Å². The van der Waals surface area contributed by atoms with Crippen molar-refractivity contribution in [3.63, 3.8) is 0 Å². The molecule has 0 saturated heterocycles. The van der Waals surface area contributed by atoms with Gasteiger partial charge in [-0.15, -0.1) is 0 Å². The van der Waals surface area contributed by atoms with Gasteiger partial charge in [0.25, 0.3) is 0 Å². The van der Waals surface area contributed by atoms with Crippen molar-refractivity contribution >= 4 is 5.78 Å². The summed E-state index contributed by atoms with van der Waals surface area (Å²) in [5, 5.41) is 8.78. The van der Waals surface area contributed by atoms with Crippen LogP contribution < -0.4 is 0 Å². The molecule has 0 bridgehead atoms. The van der Waals surface area contributed by atoms with Crippen molar-refractivity contribution < 1.29 is 9.90 Å². The highest BCUT2D eigenvalue weighted by molar-refractivity contribution is 6.11. The number of allylic oxidation sites excluding steroid dienone is 7. The molecule has 0 aromatic rings. The molecule has 0 aliphatic heterocycles. The maximum atomic E-state index is 11.5. The van der Waals surface area contributed by atoms with Crippen molar-refractivity contribution in [1.29, 1.82) is 0 Å². The van der Waals surface area contributed by atoms with Gasteiger partial charge in [0.15, 0.2) is 5.78 Å². The largest absolute Gasteiger partial charge is 0.509 e. The zero-order chi connectivity index (χ0) is 11.8. The smallest absolute Gasteiger partial charge is 0.191 e. The summed E-state index contributed by atoms with van der Waals surface area (Å²) in [6, 6.07) is 0. The second kappa shape index (κ2) is 6.38. The van der Waals surface area contributed by atoms with Gasteiger partial charge in [0.2, 0.25) is 0 Å². The maximum Gasteiger partial charge on any atom is 0.191 e. The highest BCUT2D eigenvalue weighted by atomic mass is 16.3. The summed E-state index contributed by atoms with van der Waals surface area (Å²) in [7, 11) is 0. The summed E-state index contributed by atoms with van der Waals surface area (Å²) < 4.78 is 0. The van der Waals surface area contributed by atoms with Crippen molar-refractivity contribution in [2.24, 2.45) is 0 Å². The molecule has 0 fully saturated rings. The summed E-state index contributed by atoms with van der Waals surface area (Å²) in [6.07, 6.45) is 7.39. The average Bonchev–Trinajstić information content (AvgIpc) is 2.21. The number of aliphatic hydroxyl groups excluding tert-OH is 1. The van der Waals surface area contributed by atoms with Crippen LogP contribution in [0.2, 0.25) is 0 Å². The first-order valence-corrected chi connectivity index (χ1v) is 4.26. The average molecular weight is 202 g/mol. The number of ketones is 1. The lowest BCUT2D eigenvalue weighted by Gasteiger charge is -1.98. The van der Waals surface area contributed by atoms with Crippen LogP contribution >= 0.6 is 0 Å². The van der Waals surface area contributed by atoms with Crippen LogP contribution in [0.1, 0.15) is 0 Å². The van der Waals surface area contributed by atoms with E-state index in [1.807, 2.05) is 0 Å². The minimum atomic E-state index is -0.286. The predicted molar refractivity (Wildman–Crippen MR) is 63.5 cm³/mol. The molecular formula is C13H14O2. The number of carbonyl (C=O) groups is 1. The standard InChI is InChI=1S/C13H14O2/c1-5-6-7-10(2)13(15)11(3)8-9-12(4)14/h5-9,14H,1-4H2/b7-6-,9-8-. The van der Waals surface area contributed by atoms with E-state index in [0.29, 0.717) is 5.57 Å². The molecule has 0 unspecified atom stereocenters. The molecule has 0 saturated carbocycles. The second-order valence-electron chi connectivity index (χ2n) is 2.80. The number of carbonyl (C=O) groups excluding carboxylic acids is 1. The molecule has 1 N–H and O–H groups in total. The Morgan fingerprint density at radius 3 is 2.00 bits per heavy atom. The monoisotopic (exact) mass is 202 g/mol. The van der Waals surface area contributed by atoms with Gasteiger partial charge in [-0.3, -0.25) is 4.79 Å². The van der Waals surface area contributed by atoms with Gasteiger partial charge in [-0.05, 0) is 12.2 Å². The van der Waals surface area contributed by atoms with Gasteiger partial charge in [-0.1, -0.05) is 44.5 Å². The Balaban J connectivity index is 4.52. The van der Waals surface area contributed by atoms with E-state index in [-0.39, 0.29) is 17.1 Å². The molecule has 0 aliphatic carbocycles. The predicted octanol–water partition coefficient (Wildman–Crippen LogP) is 3.04. The van der Waals surface area contributed by atoms with Crippen LogP contribution in [0, 0.1) is 0 Å². The first-order valence-electron chi connectivity index (χ1n) is 4.26. The van der Waals surface area contributed by atoms with E-state index in [2.05, 4.69) is 26.3 Å². The SMILES string of the molecule is C=C/C=C\C(=C)C(=O)C(=C)/C=C\C(=C)O. The van der Waals surface area contributed by atoms with Crippen LogP contribution in [0.5, 0.6) is 0 Å². The Kier molecular flexibility index (Phi) is 5.49. The number of hydrogen-bond acceptors (Lipinski definition) is 2. The summed E-state index contributed by atoms with van der Waals surface area (Å²) >= 11 is 0. The summed E-state index contributed by atoms with van der Waals surface area (Å²) in [5.74, 6) is -0.415. The molecule has 0 rings (SSSR count). The van der Waals surface area contributed by atoms with E-state index in [4.69, 9.17) is 5.11 Å². The molecule has 0 atom stereocenters. The normalized spacial score (nSPS) is 10.4. The molecule has 15 heavy (non-hydrogen) atoms. The van der Waals surface area contributed by atoms with Gasteiger partial charge in [-0.25, -0.2) is 0 Å². The van der Waals surface area contributed by atoms with Crippen LogP contribution in [-0.2, 0) is 4.79 Å². The Hall–Kier alpha value is -2.09. The maximum absolute atomic E-state index is 11.5. The molecule has 0 aliphatic rings. The zero-order valence-corrected chi connectivity index (χ0v) is 8.57. The van der Waals surface area contributed by atoms with E-state index in [1.54, 1.807) is 18.2 Å². The Bertz CT molecular complexity index is 368. The quantitative estimate of drug-likeness (QED) is 0.408. The highest BCUT2D eigenvalue weighted by Gasteiger charge is 2.05. The molecular weight excluding hydrogens is 188 g/mol. The van der Waals surface area contributed by atoms with Gasteiger partial charge in [0.05, 0.1) is 0 Å². The topological polar surface area (TPSA) is 37.3 Å². The van der Waals surface area contributed by atoms with Crippen molar-refractivity contribution in [3.8, 4) is 0 Å². The molecule has 2 heteroatoms. The third-order valence-corrected chi connectivity index (χ3v) is 1.49. The van der Waals surface area contributed by atoms with Crippen LogP contribution in [0.15, 0.2) is 73.6 Å². The summed E-state index contributed by atoms with van der Waals surface area (Å²) in [4.78, 5) is 11.5. The Morgan fingerprint density at radius 1 is 1.00 bits per heavy atom. The molecule has 0 aromatic carbocycles. The van der Waals surface area contributed by atoms with E-state index >= 15 is 0 Å². The molecule has 0 amide bonds. The lowest BCUT2D eigenvalue weighted by atomic mass is 10.1. The number of Topliss-reactive ketones (excluding diaryl/α,β-unsaturated/α-hetero) is 1. The molecule has 78 valence electrons. The lowest BCUT2D eigenvalue weighted by Crippen LogP contribution is -2.00. The van der Waals surface area contributed by atoms with Crippen LogP contribution in [0.4, 0.5) is 0 Å². The summed E-state index contributed by atoms with van der Waals surface area (Å²) in [6.45, 7) is 13.8. The third-order valence-electron chi connectivity index (χ3n) is 1.49. The van der Waals surface area contributed by atoms with E-state index in [1.165, 1.54) is 12.2 Å². The minimum absolute atomic E-state index is 0.129. The second-order valence-corrected chi connectivity index (χ2v) is 2.80. The van der Waals surface area contributed by atoms with Crippen molar-refractivity contribution in [1.82, 2.24) is 0 Å². The fraction of sp³-hybridized carbons (Fsp3) is 0. The number of aliphatic hydroxyl groups is 1. The first-order chi connectivity index (χ1) is 6.99. The third kappa shape index (κ3) is 5.26. The van der Waals surface area contributed by atoms with Gasteiger partial charge < -0.3 is 5.11 Å². The van der Waals surface area contributed by atoms with Crippen molar-refractivity contribution in [3.05, 3.63) is 73.6 Å². The van der Waals surface area contributed by atoms with E-state index in [0.717, 1.165) is 0 Å². The molecule has 0 heterocycles. The molecule has 0 aromatic heterocycles. The number of rotatable bonds is 6. The van der Waals surface area contributed by atoms with Gasteiger partial charge >= 0.3 is 0 Å². The Labute approximate surface area is 89.9 Å². The molecule has 0 radical (unpaired) electrons. The van der Waals surface area contributed by atoms with E-state index < -0.39 is 0 Å². The number of hydrogen-bond donors (Lipinski definition) is 1. The lowest BCUT2D eigenvalue weighted by molar-refractivity contribution is -0.111. The van der Waals surface area contributed by atoms with Gasteiger partial charge in [0, 0.05) is 11.1 Å². The van der Waals surface area contributed by atoms with Crippen LogP contribution in [0.25, 0.3) is 0 Å². The highest BCUT2D eigenvalue weighted by Crippen LogP contribution is 2.06. The summed E-state index contributed by atoms with van der Waals surface area (Å²) in [5.41, 5.74) is 0.553. The fourth-order valence-electron chi connectivity index (χ4n) is 0.739. The minimum Gasteiger partial charge on any atom is -0.509 e. The molecule has 0 spiro atoms. The van der Waals surface area contributed by atoms with E-state index in [9.17, 15) is 4.79 Å². The van der Waals surface area contributed by atoms with Gasteiger partial charge in [-0.2, -0.15) is 0 Å². The fourth-order valence-corrected chi connectivity index (χ4v) is 0.739. The van der Waals surface area contributed by atoms with Crippen molar-refractivity contribution in [2.75, 3.05) is 0 Å². The molecule has 2 nitrogen and oxygen atoms in total. The van der Waals surface area contributed by atoms with Gasteiger partial charge in [0.1, 0.15) is 5.76 Å². The van der Waals surface area contributed by atoms with Crippen LogP contribution in [-0.4, -0.2) is 10.9 Å². The van der Waals surface area contributed by atoms with Crippen LogP contribution in [0.3, 0.4) is 0 Å². The first kappa shape index (κ1) is 12.9. The zero-order valence-electron chi connectivity index (χ0n) is 8.57.